The van der Waals surface area contributed by atoms with Gasteiger partial charge in [-0.25, -0.2) is 0 Å². The van der Waals surface area contributed by atoms with E-state index in [2.05, 4.69) is 18.3 Å². The van der Waals surface area contributed by atoms with Crippen LogP contribution in [0.2, 0.25) is 0 Å². The summed E-state index contributed by atoms with van der Waals surface area (Å²) in [6, 6.07) is 0.780. The molecule has 0 aromatic rings. The number of nitrogens with two attached hydrogens (primary N) is 1. The van der Waals surface area contributed by atoms with E-state index in [4.69, 9.17) is 5.73 Å². The van der Waals surface area contributed by atoms with Crippen molar-refractivity contribution >= 4 is 0 Å². The molecule has 1 saturated carbocycles. The Morgan fingerprint density at radius 3 is 2.80 bits per heavy atom. The van der Waals surface area contributed by atoms with Crippen molar-refractivity contribution in [3.8, 4) is 0 Å². The average Bonchev–Trinajstić information content (AvgIpc) is 2.60. The molecule has 0 radical (unpaired) electrons. The Hall–Kier alpha value is -0.340. The molecule has 2 unspecified atom stereocenters. The van der Waals surface area contributed by atoms with Crippen LogP contribution in [0, 0.1) is 5.92 Å². The molecule has 0 aromatic carbocycles. The lowest BCUT2D eigenvalue weighted by atomic mass is 10.4. The molecular weight excluding hydrogens is 124 g/mol. The van der Waals surface area contributed by atoms with Gasteiger partial charge in [-0.05, 0) is 12.3 Å². The van der Waals surface area contributed by atoms with Crippen LogP contribution in [0.5, 0.6) is 0 Å². The van der Waals surface area contributed by atoms with Crippen LogP contribution < -0.4 is 11.1 Å². The molecule has 2 nitrogen and oxygen atoms in total. The Balaban J connectivity index is 1.91. The molecule has 10 heavy (non-hydrogen) atoms. The fourth-order valence-electron chi connectivity index (χ4n) is 1.01. The molecule has 0 bridgehead atoms. The maximum atomic E-state index is 5.27. The van der Waals surface area contributed by atoms with Crippen LogP contribution in [0.3, 0.4) is 0 Å². The summed E-state index contributed by atoms with van der Waals surface area (Å²) in [5, 5.41) is 3.40. The Kier molecular flexibility index (Phi) is 2.90. The first-order valence-electron chi connectivity index (χ1n) is 3.93. The summed E-state index contributed by atoms with van der Waals surface area (Å²) in [7, 11) is 0. The van der Waals surface area contributed by atoms with Gasteiger partial charge in [0.05, 0.1) is 0 Å². The van der Waals surface area contributed by atoms with Crippen molar-refractivity contribution in [1.29, 1.82) is 0 Å². The maximum Gasteiger partial charge on any atom is 0.0138 e. The van der Waals surface area contributed by atoms with Crippen LogP contribution in [0.1, 0.15) is 13.3 Å². The minimum atomic E-state index is 0.655. The van der Waals surface area contributed by atoms with Crippen molar-refractivity contribution < 1.29 is 0 Å². The van der Waals surface area contributed by atoms with E-state index in [0.29, 0.717) is 6.54 Å². The second-order valence-electron chi connectivity index (χ2n) is 2.93. The molecule has 1 rings (SSSR count). The summed E-state index contributed by atoms with van der Waals surface area (Å²) in [6.45, 7) is 3.90. The Morgan fingerprint density at radius 2 is 2.30 bits per heavy atom. The van der Waals surface area contributed by atoms with Crippen molar-refractivity contribution in [2.75, 3.05) is 13.1 Å². The molecule has 0 heterocycles. The Bertz CT molecular complexity index is 120. The molecule has 0 aromatic heterocycles. The molecule has 2 atom stereocenters. The predicted octanol–water partition coefficient (Wildman–Crippen LogP) is 0.499. The van der Waals surface area contributed by atoms with Crippen molar-refractivity contribution in [1.82, 2.24) is 5.32 Å². The molecular formula is C8H16N2. The molecule has 0 saturated heterocycles. The SMILES string of the molecule is CC1CC1NC/C=C/CN. The van der Waals surface area contributed by atoms with E-state index < -0.39 is 0 Å². The van der Waals surface area contributed by atoms with E-state index in [9.17, 15) is 0 Å². The molecule has 0 spiro atoms. The first kappa shape index (κ1) is 7.76. The Labute approximate surface area is 62.5 Å². The normalized spacial score (nSPS) is 31.4. The largest absolute Gasteiger partial charge is 0.327 e. The second-order valence-corrected chi connectivity index (χ2v) is 2.93. The van der Waals surface area contributed by atoms with Gasteiger partial charge in [-0.15, -0.1) is 0 Å². The highest BCUT2D eigenvalue weighted by Gasteiger charge is 2.30. The number of hydrogen-bond acceptors (Lipinski definition) is 2. The highest BCUT2D eigenvalue weighted by atomic mass is 15.0. The predicted molar refractivity (Wildman–Crippen MR) is 43.8 cm³/mol. The number of nitrogens with one attached hydrogen (secondary N) is 1. The van der Waals surface area contributed by atoms with Gasteiger partial charge in [-0.1, -0.05) is 19.1 Å². The second kappa shape index (κ2) is 3.74. The van der Waals surface area contributed by atoms with Crippen molar-refractivity contribution in [3.63, 3.8) is 0 Å². The minimum Gasteiger partial charge on any atom is -0.327 e. The molecule has 1 aliphatic rings. The smallest absolute Gasteiger partial charge is 0.0138 e. The summed E-state index contributed by atoms with van der Waals surface area (Å²) in [5.74, 6) is 0.895. The summed E-state index contributed by atoms with van der Waals surface area (Å²) in [4.78, 5) is 0. The zero-order chi connectivity index (χ0) is 7.40. The minimum absolute atomic E-state index is 0.655. The molecule has 1 fully saturated rings. The molecule has 2 heteroatoms. The monoisotopic (exact) mass is 140 g/mol. The third-order valence-corrected chi connectivity index (χ3v) is 1.91. The lowest BCUT2D eigenvalue weighted by Crippen LogP contribution is -2.17. The van der Waals surface area contributed by atoms with Gasteiger partial charge in [-0.2, -0.15) is 0 Å². The van der Waals surface area contributed by atoms with Crippen LogP contribution in [0.25, 0.3) is 0 Å². The first-order valence-corrected chi connectivity index (χ1v) is 3.93. The van der Waals surface area contributed by atoms with Crippen LogP contribution in [0.4, 0.5) is 0 Å². The van der Waals surface area contributed by atoms with E-state index in [1.54, 1.807) is 0 Å². The highest BCUT2D eigenvalue weighted by Crippen LogP contribution is 2.28. The van der Waals surface area contributed by atoms with Gasteiger partial charge >= 0.3 is 0 Å². The standard InChI is InChI=1S/C8H16N2/c1-7-6-8(7)10-5-3-2-4-9/h2-3,7-8,10H,4-6,9H2,1H3/b3-2+. The van der Waals surface area contributed by atoms with Gasteiger partial charge in [-0.3, -0.25) is 0 Å². The van der Waals surface area contributed by atoms with Crippen LogP contribution >= 0.6 is 0 Å². The third kappa shape index (κ3) is 2.50. The van der Waals surface area contributed by atoms with Gasteiger partial charge < -0.3 is 11.1 Å². The van der Waals surface area contributed by atoms with Gasteiger partial charge in [0.2, 0.25) is 0 Å². The Morgan fingerprint density at radius 1 is 1.60 bits per heavy atom. The summed E-state index contributed by atoms with van der Waals surface area (Å²) >= 11 is 0. The topological polar surface area (TPSA) is 38.0 Å². The number of rotatable bonds is 4. The molecule has 1 aliphatic carbocycles. The quantitative estimate of drug-likeness (QED) is 0.558. The maximum absolute atomic E-state index is 5.27. The average molecular weight is 140 g/mol. The first-order chi connectivity index (χ1) is 4.84. The summed E-state index contributed by atoms with van der Waals surface area (Å²) in [5.41, 5.74) is 5.27. The van der Waals surface area contributed by atoms with E-state index in [0.717, 1.165) is 18.5 Å². The van der Waals surface area contributed by atoms with Crippen LogP contribution in [0.15, 0.2) is 12.2 Å². The molecule has 0 aliphatic heterocycles. The summed E-state index contributed by atoms with van der Waals surface area (Å²) < 4.78 is 0. The van der Waals surface area contributed by atoms with E-state index in [1.165, 1.54) is 6.42 Å². The van der Waals surface area contributed by atoms with Gasteiger partial charge in [0, 0.05) is 19.1 Å². The zero-order valence-electron chi connectivity index (χ0n) is 6.51. The van der Waals surface area contributed by atoms with E-state index >= 15 is 0 Å². The van der Waals surface area contributed by atoms with Crippen molar-refractivity contribution in [2.24, 2.45) is 11.7 Å². The highest BCUT2D eigenvalue weighted by molar-refractivity contribution is 4.93. The fourth-order valence-corrected chi connectivity index (χ4v) is 1.01. The van der Waals surface area contributed by atoms with Crippen LogP contribution in [-0.4, -0.2) is 19.1 Å². The summed E-state index contributed by atoms with van der Waals surface area (Å²) in [6.07, 6.45) is 5.42. The van der Waals surface area contributed by atoms with Crippen molar-refractivity contribution in [2.45, 2.75) is 19.4 Å². The molecule has 0 amide bonds. The van der Waals surface area contributed by atoms with Gasteiger partial charge in [0.15, 0.2) is 0 Å². The number of hydrogen-bond donors (Lipinski definition) is 2. The third-order valence-electron chi connectivity index (χ3n) is 1.91. The fraction of sp³-hybridized carbons (Fsp3) is 0.750. The van der Waals surface area contributed by atoms with Crippen molar-refractivity contribution in [3.05, 3.63) is 12.2 Å². The van der Waals surface area contributed by atoms with E-state index in [1.807, 2.05) is 6.08 Å². The lowest BCUT2D eigenvalue weighted by Gasteiger charge is -1.95. The molecule has 58 valence electrons. The van der Waals surface area contributed by atoms with Gasteiger partial charge in [0.25, 0.3) is 0 Å². The van der Waals surface area contributed by atoms with Gasteiger partial charge in [0.1, 0.15) is 0 Å². The lowest BCUT2D eigenvalue weighted by molar-refractivity contribution is 0.704. The molecule has 3 N–H and O–H groups in total. The zero-order valence-corrected chi connectivity index (χ0v) is 6.51. The van der Waals surface area contributed by atoms with E-state index in [-0.39, 0.29) is 0 Å². The van der Waals surface area contributed by atoms with Crippen LogP contribution in [-0.2, 0) is 0 Å².